The zero-order chi connectivity index (χ0) is 56.9. The van der Waals surface area contributed by atoms with Gasteiger partial charge in [0.25, 0.3) is 0 Å². The minimum Gasteiger partial charge on any atom is -0.462 e. The zero-order valence-corrected chi connectivity index (χ0v) is 50.8. The van der Waals surface area contributed by atoms with Gasteiger partial charge in [0.05, 0.1) is 19.8 Å². The van der Waals surface area contributed by atoms with Crippen molar-refractivity contribution in [1.82, 2.24) is 0 Å². The Hall–Kier alpha value is -3.34. The molecule has 0 saturated heterocycles. The predicted octanol–water partition coefficient (Wildman–Crippen LogP) is 19.0. The summed E-state index contributed by atoms with van der Waals surface area (Å²) < 4.78 is 39.6. The molecule has 3 unspecified atom stereocenters. The maximum Gasteiger partial charge on any atom is 0.472 e. The number of unbranched alkanes of at least 4 members (excludes halogenated alkanes) is 27. The van der Waals surface area contributed by atoms with Crippen molar-refractivity contribution in [1.29, 1.82) is 0 Å². The standard InChI is InChI=1S/C66H115O11P/c1-4-7-10-13-16-19-22-25-28-30-31-33-36-39-42-45-48-51-54-57-66(70)77-63(59-73-64(68)55-52-49-46-43-40-37-34-27-24-21-18-15-12-9-6-3)61-75-78(71,72)74-60-62(58-67)76-65(69)56-53-50-47-44-41-38-35-32-29-26-23-20-17-14-11-8-5-2/h9,12,16,18-19,21,25,27-28,31,33-34,40,43,62-63,67H,4-8,10-11,13-15,17,20,22-24,26,29-30,32,35-39,41-42,44-61H2,1-3H3,(H,71,72)/b12-9-,19-16-,21-18-,28-25-,33-31-,34-27-,43-40-. The average molecular weight is 1120 g/mol. The number of phosphoric acid groups is 1. The summed E-state index contributed by atoms with van der Waals surface area (Å²) >= 11 is 0. The van der Waals surface area contributed by atoms with Crippen LogP contribution in [0.4, 0.5) is 0 Å². The first kappa shape index (κ1) is 74.7. The normalized spacial score (nSPS) is 13.9. The van der Waals surface area contributed by atoms with Crippen molar-refractivity contribution in [3.63, 3.8) is 0 Å². The molecular formula is C66H115O11P. The Balaban J connectivity index is 4.75. The second-order valence-electron chi connectivity index (χ2n) is 20.8. The van der Waals surface area contributed by atoms with Crippen molar-refractivity contribution in [2.75, 3.05) is 26.4 Å². The van der Waals surface area contributed by atoms with E-state index in [9.17, 15) is 28.9 Å². The lowest BCUT2D eigenvalue weighted by Crippen LogP contribution is -2.30. The molecule has 0 aromatic carbocycles. The van der Waals surface area contributed by atoms with Gasteiger partial charge >= 0.3 is 25.7 Å². The quantitative estimate of drug-likeness (QED) is 0.0197. The van der Waals surface area contributed by atoms with E-state index in [0.717, 1.165) is 109 Å². The van der Waals surface area contributed by atoms with Crippen LogP contribution in [0.5, 0.6) is 0 Å². The Morgan fingerprint density at radius 2 is 0.667 bits per heavy atom. The van der Waals surface area contributed by atoms with E-state index in [0.29, 0.717) is 19.3 Å². The summed E-state index contributed by atoms with van der Waals surface area (Å²) in [4.78, 5) is 48.7. The van der Waals surface area contributed by atoms with Gasteiger partial charge in [0.1, 0.15) is 12.7 Å². The summed E-state index contributed by atoms with van der Waals surface area (Å²) in [6, 6.07) is 0. The second kappa shape index (κ2) is 59.8. The van der Waals surface area contributed by atoms with Gasteiger partial charge in [-0.1, -0.05) is 247 Å². The Morgan fingerprint density at radius 3 is 1.08 bits per heavy atom. The lowest BCUT2D eigenvalue weighted by atomic mass is 10.0. The van der Waals surface area contributed by atoms with Gasteiger partial charge in [-0.15, -0.1) is 0 Å². The molecule has 0 aliphatic rings. The molecular weight excluding hydrogens is 1000 g/mol. The largest absolute Gasteiger partial charge is 0.472 e. The number of hydrogen-bond donors (Lipinski definition) is 2. The Morgan fingerprint density at radius 1 is 0.372 bits per heavy atom. The van der Waals surface area contributed by atoms with Crippen LogP contribution in [0.15, 0.2) is 85.1 Å². The molecule has 0 aromatic rings. The topological polar surface area (TPSA) is 155 Å². The number of esters is 3. The highest BCUT2D eigenvalue weighted by atomic mass is 31.2. The van der Waals surface area contributed by atoms with Gasteiger partial charge in [-0.2, -0.15) is 0 Å². The fourth-order valence-electron chi connectivity index (χ4n) is 8.53. The van der Waals surface area contributed by atoms with Crippen LogP contribution >= 0.6 is 7.82 Å². The van der Waals surface area contributed by atoms with Gasteiger partial charge in [0.2, 0.25) is 0 Å². The van der Waals surface area contributed by atoms with Crippen LogP contribution < -0.4 is 0 Å². The number of allylic oxidation sites excluding steroid dienone is 14. The number of hydrogen-bond acceptors (Lipinski definition) is 10. The molecule has 0 spiro atoms. The molecule has 0 saturated carbocycles. The molecule has 11 nitrogen and oxygen atoms in total. The zero-order valence-electron chi connectivity index (χ0n) is 49.9. The summed E-state index contributed by atoms with van der Waals surface area (Å²) in [7, 11) is -4.77. The van der Waals surface area contributed by atoms with Gasteiger partial charge in [0.15, 0.2) is 6.10 Å². The highest BCUT2D eigenvalue weighted by molar-refractivity contribution is 7.47. The number of carbonyl (C=O) groups is 3. The van der Waals surface area contributed by atoms with E-state index in [2.05, 4.69) is 106 Å². The Kier molecular flexibility index (Phi) is 57.2. The van der Waals surface area contributed by atoms with E-state index in [4.69, 9.17) is 23.3 Å². The summed E-state index contributed by atoms with van der Waals surface area (Å²) in [6.45, 7) is 4.48. The average Bonchev–Trinajstić information content (AvgIpc) is 3.43. The van der Waals surface area contributed by atoms with E-state index < -0.39 is 57.8 Å². The molecule has 0 bridgehead atoms. The van der Waals surface area contributed by atoms with Crippen LogP contribution in [-0.2, 0) is 42.2 Å². The van der Waals surface area contributed by atoms with Crippen molar-refractivity contribution in [3.05, 3.63) is 85.1 Å². The van der Waals surface area contributed by atoms with E-state index in [1.54, 1.807) is 0 Å². The molecule has 2 N–H and O–H groups in total. The summed E-state index contributed by atoms with van der Waals surface area (Å²) in [5.41, 5.74) is 0. The minimum atomic E-state index is -4.77. The molecule has 3 atom stereocenters. The maximum atomic E-state index is 12.9. The molecule has 0 fully saturated rings. The number of aliphatic hydroxyl groups is 1. The fraction of sp³-hybridized carbons (Fsp3) is 0.742. The molecule has 0 aliphatic carbocycles. The third kappa shape index (κ3) is 57.3. The first-order valence-corrected chi connectivity index (χ1v) is 33.0. The van der Waals surface area contributed by atoms with Gasteiger partial charge in [-0.05, 0) is 96.3 Å². The van der Waals surface area contributed by atoms with Crippen molar-refractivity contribution >= 4 is 25.7 Å². The lowest BCUT2D eigenvalue weighted by molar-refractivity contribution is -0.161. The summed E-state index contributed by atoms with van der Waals surface area (Å²) in [5.74, 6) is -1.52. The molecule has 450 valence electrons. The first-order valence-electron chi connectivity index (χ1n) is 31.5. The molecule has 78 heavy (non-hydrogen) atoms. The summed E-state index contributed by atoms with van der Waals surface area (Å²) in [5, 5.41) is 9.85. The van der Waals surface area contributed by atoms with Crippen LogP contribution in [-0.4, -0.2) is 66.5 Å². The fourth-order valence-corrected chi connectivity index (χ4v) is 9.32. The smallest absolute Gasteiger partial charge is 0.462 e. The van der Waals surface area contributed by atoms with Crippen LogP contribution in [0, 0.1) is 0 Å². The van der Waals surface area contributed by atoms with Crippen molar-refractivity contribution in [3.8, 4) is 0 Å². The lowest BCUT2D eigenvalue weighted by Gasteiger charge is -2.21. The van der Waals surface area contributed by atoms with E-state index in [1.807, 2.05) is 0 Å². The maximum absolute atomic E-state index is 12.9. The molecule has 0 rings (SSSR count). The number of phosphoric ester groups is 1. The number of ether oxygens (including phenoxy) is 3. The van der Waals surface area contributed by atoms with E-state index in [1.165, 1.54) is 109 Å². The monoisotopic (exact) mass is 1110 g/mol. The second-order valence-corrected chi connectivity index (χ2v) is 22.3. The Labute approximate surface area is 477 Å². The predicted molar refractivity (Wildman–Crippen MR) is 325 cm³/mol. The van der Waals surface area contributed by atoms with Gasteiger partial charge in [-0.3, -0.25) is 23.4 Å². The van der Waals surface area contributed by atoms with Gasteiger partial charge in [0, 0.05) is 19.3 Å². The molecule has 0 aromatic heterocycles. The van der Waals surface area contributed by atoms with Crippen molar-refractivity contribution in [2.45, 2.75) is 290 Å². The van der Waals surface area contributed by atoms with Crippen LogP contribution in [0.25, 0.3) is 0 Å². The molecule has 12 heteroatoms. The summed E-state index contributed by atoms with van der Waals surface area (Å²) in [6.07, 6.45) is 69.6. The number of aliphatic hydroxyl groups excluding tert-OH is 1. The first-order chi connectivity index (χ1) is 38.2. The third-order valence-electron chi connectivity index (χ3n) is 13.3. The molecule has 0 radical (unpaired) electrons. The third-order valence-corrected chi connectivity index (χ3v) is 14.3. The number of rotatable bonds is 58. The van der Waals surface area contributed by atoms with Crippen molar-refractivity contribution < 1.29 is 52.2 Å². The Bertz CT molecular complexity index is 1630. The molecule has 0 heterocycles. The van der Waals surface area contributed by atoms with Crippen LogP contribution in [0.1, 0.15) is 278 Å². The highest BCUT2D eigenvalue weighted by Gasteiger charge is 2.28. The van der Waals surface area contributed by atoms with Crippen LogP contribution in [0.3, 0.4) is 0 Å². The number of carbonyl (C=O) groups excluding carboxylic acids is 3. The van der Waals surface area contributed by atoms with Gasteiger partial charge < -0.3 is 24.2 Å². The van der Waals surface area contributed by atoms with E-state index in [-0.39, 0.29) is 25.9 Å². The molecule has 0 amide bonds. The van der Waals surface area contributed by atoms with E-state index >= 15 is 0 Å². The van der Waals surface area contributed by atoms with Crippen LogP contribution in [0.2, 0.25) is 0 Å². The van der Waals surface area contributed by atoms with Crippen molar-refractivity contribution in [2.24, 2.45) is 0 Å². The van der Waals surface area contributed by atoms with Gasteiger partial charge in [-0.25, -0.2) is 4.57 Å². The highest BCUT2D eigenvalue weighted by Crippen LogP contribution is 2.43. The molecule has 0 aliphatic heterocycles. The SMILES string of the molecule is CC/C=C\C/C=C\C/C=C\C/C=C\CCCCC(=O)OCC(COP(=O)(O)OCC(CO)OC(=O)CCCCCCCCCCCCCCCCCCC)OC(=O)CCCCCCCC/C=C\C/C=C\C/C=C\CCCCC. The minimum absolute atomic E-state index is 0.142.